The van der Waals surface area contributed by atoms with Crippen molar-refractivity contribution < 1.29 is 15.0 Å². The average molecular weight is 219 g/mol. The van der Waals surface area contributed by atoms with Crippen molar-refractivity contribution in [3.63, 3.8) is 0 Å². The van der Waals surface area contributed by atoms with Gasteiger partial charge < -0.3 is 10.2 Å². The zero-order valence-corrected chi connectivity index (χ0v) is 10.4. The standard InChI is InChI=1S/C7H14O2.C4H11NO/c1-2-3-4-5-6-7(8)9;1-4(6)5(2)3/h2-6H2,1H3,(H,8,9);4,6H,1-3H3. The third-order valence-electron chi connectivity index (χ3n) is 1.99. The summed E-state index contributed by atoms with van der Waals surface area (Å²) in [4.78, 5) is 11.7. The lowest BCUT2D eigenvalue weighted by Crippen LogP contribution is -2.23. The highest BCUT2D eigenvalue weighted by Gasteiger charge is 1.94. The molecule has 0 radical (unpaired) electrons. The Bertz CT molecular complexity index is 141. The van der Waals surface area contributed by atoms with Crippen LogP contribution >= 0.6 is 0 Å². The van der Waals surface area contributed by atoms with E-state index in [0.717, 1.165) is 19.3 Å². The molecule has 0 fully saturated rings. The molecule has 2 N–H and O–H groups in total. The quantitative estimate of drug-likeness (QED) is 0.529. The highest BCUT2D eigenvalue weighted by atomic mass is 16.4. The number of carboxylic acids is 1. The molecular formula is C11H25NO3. The van der Waals surface area contributed by atoms with Crippen molar-refractivity contribution in [2.24, 2.45) is 0 Å². The minimum absolute atomic E-state index is 0.315. The van der Waals surface area contributed by atoms with Gasteiger partial charge in [0, 0.05) is 6.42 Å². The van der Waals surface area contributed by atoms with Crippen LogP contribution in [0, 0.1) is 0 Å². The molecule has 1 unspecified atom stereocenters. The van der Waals surface area contributed by atoms with Crippen LogP contribution in [0.1, 0.15) is 46.0 Å². The highest BCUT2D eigenvalue weighted by Crippen LogP contribution is 2.01. The highest BCUT2D eigenvalue weighted by molar-refractivity contribution is 5.66. The first kappa shape index (κ1) is 16.8. The van der Waals surface area contributed by atoms with Crippen LogP contribution in [-0.4, -0.2) is 41.4 Å². The van der Waals surface area contributed by atoms with Crippen molar-refractivity contribution in [2.45, 2.75) is 52.2 Å². The second-order valence-corrected chi connectivity index (χ2v) is 3.80. The Kier molecular flexibility index (Phi) is 12.8. The molecule has 0 bridgehead atoms. The van der Waals surface area contributed by atoms with E-state index in [2.05, 4.69) is 6.92 Å². The summed E-state index contributed by atoms with van der Waals surface area (Å²) in [5, 5.41) is 16.8. The average Bonchev–Trinajstić information content (AvgIpc) is 2.13. The van der Waals surface area contributed by atoms with Gasteiger partial charge in [0.05, 0.1) is 0 Å². The van der Waals surface area contributed by atoms with Gasteiger partial charge in [0.2, 0.25) is 0 Å². The number of carbonyl (C=O) groups is 1. The number of aliphatic hydroxyl groups excluding tert-OH is 1. The molecule has 0 aliphatic rings. The van der Waals surface area contributed by atoms with E-state index in [1.54, 1.807) is 11.8 Å². The fraction of sp³-hybridized carbons (Fsp3) is 0.909. The Morgan fingerprint density at radius 1 is 1.27 bits per heavy atom. The Labute approximate surface area is 92.9 Å². The summed E-state index contributed by atoms with van der Waals surface area (Å²) in [7, 11) is 3.65. The predicted molar refractivity (Wildman–Crippen MR) is 61.8 cm³/mol. The maximum atomic E-state index is 9.96. The zero-order valence-electron chi connectivity index (χ0n) is 10.4. The lowest BCUT2D eigenvalue weighted by molar-refractivity contribution is -0.137. The SMILES string of the molecule is CC(O)N(C)C.CCCCCCC(=O)O. The van der Waals surface area contributed by atoms with Crippen LogP contribution in [-0.2, 0) is 4.79 Å². The van der Waals surface area contributed by atoms with Gasteiger partial charge in [0.1, 0.15) is 6.23 Å². The van der Waals surface area contributed by atoms with E-state index in [0.29, 0.717) is 6.42 Å². The van der Waals surface area contributed by atoms with E-state index in [-0.39, 0.29) is 6.23 Å². The second-order valence-electron chi connectivity index (χ2n) is 3.80. The molecular weight excluding hydrogens is 194 g/mol. The smallest absolute Gasteiger partial charge is 0.303 e. The first-order chi connectivity index (χ1) is 6.91. The summed E-state index contributed by atoms with van der Waals surface area (Å²) in [5.74, 6) is -0.675. The van der Waals surface area contributed by atoms with E-state index >= 15 is 0 Å². The number of aliphatic hydroxyl groups is 1. The third kappa shape index (κ3) is 19.7. The number of hydrogen-bond donors (Lipinski definition) is 2. The van der Waals surface area contributed by atoms with E-state index in [1.807, 2.05) is 14.1 Å². The molecule has 0 saturated heterocycles. The summed E-state index contributed by atoms with van der Waals surface area (Å²) in [6.07, 6.45) is 4.24. The maximum Gasteiger partial charge on any atom is 0.303 e. The van der Waals surface area contributed by atoms with Gasteiger partial charge in [-0.05, 0) is 27.4 Å². The van der Waals surface area contributed by atoms with Crippen LogP contribution in [0.4, 0.5) is 0 Å². The zero-order chi connectivity index (χ0) is 12.3. The maximum absolute atomic E-state index is 9.96. The molecule has 4 nitrogen and oxygen atoms in total. The molecule has 0 aromatic rings. The van der Waals surface area contributed by atoms with Crippen LogP contribution in [0.3, 0.4) is 0 Å². The van der Waals surface area contributed by atoms with Gasteiger partial charge >= 0.3 is 5.97 Å². The van der Waals surface area contributed by atoms with Gasteiger partial charge in [0.25, 0.3) is 0 Å². The van der Waals surface area contributed by atoms with E-state index in [9.17, 15) is 4.79 Å². The van der Waals surface area contributed by atoms with E-state index < -0.39 is 5.97 Å². The second kappa shape index (κ2) is 11.5. The van der Waals surface area contributed by atoms with Gasteiger partial charge in [-0.3, -0.25) is 9.69 Å². The monoisotopic (exact) mass is 219 g/mol. The number of carboxylic acid groups (broad SMARTS) is 1. The number of nitrogens with zero attached hydrogens (tertiary/aromatic N) is 1. The molecule has 0 aliphatic heterocycles. The molecule has 1 atom stereocenters. The number of hydrogen-bond acceptors (Lipinski definition) is 3. The van der Waals surface area contributed by atoms with Gasteiger partial charge in [-0.1, -0.05) is 26.2 Å². The first-order valence-electron chi connectivity index (χ1n) is 5.48. The molecule has 0 rings (SSSR count). The van der Waals surface area contributed by atoms with Crippen LogP contribution < -0.4 is 0 Å². The van der Waals surface area contributed by atoms with E-state index in [4.69, 9.17) is 10.2 Å². The number of unbranched alkanes of at least 4 members (excludes halogenated alkanes) is 3. The van der Waals surface area contributed by atoms with Crippen molar-refractivity contribution in [3.05, 3.63) is 0 Å². The molecule has 4 heteroatoms. The molecule has 0 saturated carbocycles. The Hall–Kier alpha value is -0.610. The molecule has 0 amide bonds. The van der Waals surface area contributed by atoms with Crippen LogP contribution in [0.2, 0.25) is 0 Å². The van der Waals surface area contributed by atoms with Crippen LogP contribution in [0.25, 0.3) is 0 Å². The van der Waals surface area contributed by atoms with Crippen molar-refractivity contribution in [3.8, 4) is 0 Å². The Morgan fingerprint density at radius 2 is 1.73 bits per heavy atom. The summed E-state index contributed by atoms with van der Waals surface area (Å²) in [5.41, 5.74) is 0. The minimum atomic E-state index is -0.675. The van der Waals surface area contributed by atoms with Gasteiger partial charge in [-0.2, -0.15) is 0 Å². The molecule has 0 heterocycles. The van der Waals surface area contributed by atoms with E-state index in [1.165, 1.54) is 6.42 Å². The van der Waals surface area contributed by atoms with Gasteiger partial charge in [-0.25, -0.2) is 0 Å². The molecule has 0 spiro atoms. The first-order valence-corrected chi connectivity index (χ1v) is 5.48. The largest absolute Gasteiger partial charge is 0.481 e. The summed E-state index contributed by atoms with van der Waals surface area (Å²) in [6, 6.07) is 0. The number of aliphatic carboxylic acids is 1. The lowest BCUT2D eigenvalue weighted by Gasteiger charge is -2.11. The minimum Gasteiger partial charge on any atom is -0.481 e. The van der Waals surface area contributed by atoms with Crippen molar-refractivity contribution in [1.29, 1.82) is 0 Å². The summed E-state index contributed by atoms with van der Waals surface area (Å²) in [6.45, 7) is 3.83. The molecule has 0 aromatic heterocycles. The molecule has 92 valence electrons. The molecule has 15 heavy (non-hydrogen) atoms. The normalized spacial score (nSPS) is 11.9. The topological polar surface area (TPSA) is 60.8 Å². The fourth-order valence-electron chi connectivity index (χ4n) is 0.703. The summed E-state index contributed by atoms with van der Waals surface area (Å²) < 4.78 is 0. The van der Waals surface area contributed by atoms with Crippen LogP contribution in [0.15, 0.2) is 0 Å². The summed E-state index contributed by atoms with van der Waals surface area (Å²) >= 11 is 0. The van der Waals surface area contributed by atoms with Crippen LogP contribution in [0.5, 0.6) is 0 Å². The van der Waals surface area contributed by atoms with Crippen molar-refractivity contribution in [1.82, 2.24) is 4.90 Å². The lowest BCUT2D eigenvalue weighted by atomic mass is 10.2. The molecule has 0 aromatic carbocycles. The Balaban J connectivity index is 0. The fourth-order valence-corrected chi connectivity index (χ4v) is 0.703. The predicted octanol–water partition coefficient (Wildman–Crippen LogP) is 1.93. The van der Waals surface area contributed by atoms with Gasteiger partial charge in [0.15, 0.2) is 0 Å². The third-order valence-corrected chi connectivity index (χ3v) is 1.99. The number of rotatable bonds is 6. The van der Waals surface area contributed by atoms with Crippen molar-refractivity contribution >= 4 is 5.97 Å². The van der Waals surface area contributed by atoms with Gasteiger partial charge in [-0.15, -0.1) is 0 Å². The molecule has 0 aliphatic carbocycles. The Morgan fingerprint density at radius 3 is 2.00 bits per heavy atom. The van der Waals surface area contributed by atoms with Crippen molar-refractivity contribution in [2.75, 3.05) is 14.1 Å².